The molecule has 0 aliphatic heterocycles. The molecule has 0 radical (unpaired) electrons. The Morgan fingerprint density at radius 3 is 2.28 bits per heavy atom. The Bertz CT molecular complexity index is 242. The minimum atomic E-state index is 0.387. The third kappa shape index (κ3) is 4.55. The maximum absolute atomic E-state index is 3.54. The van der Waals surface area contributed by atoms with Crippen LogP contribution >= 0.6 is 0 Å². The molecule has 0 amide bonds. The van der Waals surface area contributed by atoms with Gasteiger partial charge in [-0.3, -0.25) is 0 Å². The zero-order valence-electron chi connectivity index (χ0n) is 13.6. The molecule has 1 aliphatic carbocycles. The van der Waals surface area contributed by atoms with Crippen molar-refractivity contribution in [3.05, 3.63) is 0 Å². The summed E-state index contributed by atoms with van der Waals surface area (Å²) in [5.74, 6) is 1.73. The Kier molecular flexibility index (Phi) is 5.67. The smallest absolute Gasteiger partial charge is 0.0249 e. The zero-order chi connectivity index (χ0) is 13.9. The van der Waals surface area contributed by atoms with Crippen molar-refractivity contribution in [1.29, 1.82) is 0 Å². The SMILES string of the molecule is CNC1CCC(C(C)C)CC1N(C)CC(C)(C)C. The Hall–Kier alpha value is -0.0800. The van der Waals surface area contributed by atoms with Crippen molar-refractivity contribution in [3.8, 4) is 0 Å². The number of nitrogens with zero attached hydrogens (tertiary/aromatic N) is 1. The summed E-state index contributed by atoms with van der Waals surface area (Å²) < 4.78 is 0. The van der Waals surface area contributed by atoms with Gasteiger partial charge in [0.15, 0.2) is 0 Å². The van der Waals surface area contributed by atoms with Crippen LogP contribution < -0.4 is 5.32 Å². The van der Waals surface area contributed by atoms with Crippen LogP contribution in [0.4, 0.5) is 0 Å². The number of hydrogen-bond acceptors (Lipinski definition) is 2. The molecule has 2 heteroatoms. The Morgan fingerprint density at radius 2 is 1.83 bits per heavy atom. The second-order valence-corrected chi connectivity index (χ2v) is 7.76. The standard InChI is InChI=1S/C16H34N2/c1-12(2)13-8-9-14(17-6)15(10-13)18(7)11-16(3,4)5/h12-15,17H,8-11H2,1-7H3. The molecule has 1 fully saturated rings. The molecular weight excluding hydrogens is 220 g/mol. The molecule has 18 heavy (non-hydrogen) atoms. The molecule has 1 aliphatic rings. The molecule has 0 aromatic carbocycles. The van der Waals surface area contributed by atoms with Crippen LogP contribution in [-0.2, 0) is 0 Å². The molecule has 3 atom stereocenters. The van der Waals surface area contributed by atoms with Gasteiger partial charge in [0, 0.05) is 18.6 Å². The number of nitrogens with one attached hydrogen (secondary N) is 1. The zero-order valence-corrected chi connectivity index (χ0v) is 13.6. The molecule has 1 saturated carbocycles. The van der Waals surface area contributed by atoms with E-state index < -0.39 is 0 Å². The molecule has 1 N–H and O–H groups in total. The van der Waals surface area contributed by atoms with Crippen molar-refractivity contribution in [3.63, 3.8) is 0 Å². The molecule has 0 aromatic heterocycles. The Morgan fingerprint density at radius 1 is 1.22 bits per heavy atom. The lowest BCUT2D eigenvalue weighted by Crippen LogP contribution is -2.53. The average molecular weight is 254 g/mol. The molecule has 0 saturated heterocycles. The van der Waals surface area contributed by atoms with Crippen LogP contribution in [-0.4, -0.2) is 37.6 Å². The number of rotatable bonds is 4. The molecular formula is C16H34N2. The summed E-state index contributed by atoms with van der Waals surface area (Å²) in [7, 11) is 4.43. The third-order valence-electron chi connectivity index (χ3n) is 4.46. The van der Waals surface area contributed by atoms with Crippen molar-refractivity contribution in [2.24, 2.45) is 17.3 Å². The van der Waals surface area contributed by atoms with Gasteiger partial charge in [0.2, 0.25) is 0 Å². The largest absolute Gasteiger partial charge is 0.315 e. The third-order valence-corrected chi connectivity index (χ3v) is 4.46. The van der Waals surface area contributed by atoms with Crippen LogP contribution in [0.15, 0.2) is 0 Å². The Labute approximate surface area is 115 Å². The lowest BCUT2D eigenvalue weighted by molar-refractivity contribution is 0.0810. The minimum absolute atomic E-state index is 0.387. The van der Waals surface area contributed by atoms with Gasteiger partial charge in [-0.05, 0) is 50.6 Å². The predicted octanol–water partition coefficient (Wildman–Crippen LogP) is 3.38. The van der Waals surface area contributed by atoms with Crippen molar-refractivity contribution in [2.45, 2.75) is 66.0 Å². The van der Waals surface area contributed by atoms with Gasteiger partial charge < -0.3 is 10.2 Å². The van der Waals surface area contributed by atoms with E-state index in [0.29, 0.717) is 17.5 Å². The first-order valence-electron chi connectivity index (χ1n) is 7.62. The highest BCUT2D eigenvalue weighted by molar-refractivity contribution is 4.91. The second kappa shape index (κ2) is 6.38. The van der Waals surface area contributed by atoms with E-state index in [1.165, 1.54) is 25.8 Å². The second-order valence-electron chi connectivity index (χ2n) is 7.76. The van der Waals surface area contributed by atoms with E-state index in [2.05, 4.69) is 58.9 Å². The maximum Gasteiger partial charge on any atom is 0.0249 e. The van der Waals surface area contributed by atoms with Crippen LogP contribution in [0, 0.1) is 17.3 Å². The van der Waals surface area contributed by atoms with Gasteiger partial charge in [-0.25, -0.2) is 0 Å². The summed E-state index contributed by atoms with van der Waals surface area (Å²) in [5, 5.41) is 3.54. The summed E-state index contributed by atoms with van der Waals surface area (Å²) >= 11 is 0. The van der Waals surface area contributed by atoms with E-state index in [9.17, 15) is 0 Å². The van der Waals surface area contributed by atoms with Crippen molar-refractivity contribution in [2.75, 3.05) is 20.6 Å². The topological polar surface area (TPSA) is 15.3 Å². The van der Waals surface area contributed by atoms with Crippen LogP contribution in [0.1, 0.15) is 53.9 Å². The predicted molar refractivity (Wildman–Crippen MR) is 80.9 cm³/mol. The van der Waals surface area contributed by atoms with E-state index >= 15 is 0 Å². The highest BCUT2D eigenvalue weighted by Crippen LogP contribution is 2.33. The Balaban J connectivity index is 2.67. The number of hydrogen-bond donors (Lipinski definition) is 1. The maximum atomic E-state index is 3.54. The van der Waals surface area contributed by atoms with Gasteiger partial charge >= 0.3 is 0 Å². The lowest BCUT2D eigenvalue weighted by atomic mass is 9.76. The van der Waals surface area contributed by atoms with E-state index in [1.54, 1.807) is 0 Å². The molecule has 3 unspecified atom stereocenters. The monoisotopic (exact) mass is 254 g/mol. The summed E-state index contributed by atoms with van der Waals surface area (Å²) in [5.41, 5.74) is 0.387. The van der Waals surface area contributed by atoms with Gasteiger partial charge in [-0.2, -0.15) is 0 Å². The highest BCUT2D eigenvalue weighted by atomic mass is 15.2. The normalized spacial score (nSPS) is 30.2. The lowest BCUT2D eigenvalue weighted by Gasteiger charge is -2.44. The summed E-state index contributed by atoms with van der Waals surface area (Å²) in [6, 6.07) is 1.38. The first kappa shape index (κ1) is 16.0. The molecule has 2 nitrogen and oxygen atoms in total. The first-order valence-corrected chi connectivity index (χ1v) is 7.62. The van der Waals surface area contributed by atoms with Gasteiger partial charge in [-0.1, -0.05) is 34.6 Å². The molecule has 0 aromatic rings. The van der Waals surface area contributed by atoms with Gasteiger partial charge in [0.1, 0.15) is 0 Å². The molecule has 1 rings (SSSR count). The fourth-order valence-electron chi connectivity index (χ4n) is 3.47. The fourth-order valence-corrected chi connectivity index (χ4v) is 3.47. The minimum Gasteiger partial charge on any atom is -0.315 e. The summed E-state index contributed by atoms with van der Waals surface area (Å²) in [6.45, 7) is 12.9. The summed E-state index contributed by atoms with van der Waals surface area (Å²) in [6.07, 6.45) is 4.08. The van der Waals surface area contributed by atoms with E-state index in [4.69, 9.17) is 0 Å². The van der Waals surface area contributed by atoms with Crippen LogP contribution in [0.25, 0.3) is 0 Å². The van der Waals surface area contributed by atoms with E-state index in [1.807, 2.05) is 0 Å². The van der Waals surface area contributed by atoms with Crippen molar-refractivity contribution >= 4 is 0 Å². The van der Waals surface area contributed by atoms with E-state index in [0.717, 1.165) is 11.8 Å². The van der Waals surface area contributed by atoms with Crippen molar-refractivity contribution in [1.82, 2.24) is 10.2 Å². The van der Waals surface area contributed by atoms with Crippen LogP contribution in [0.3, 0.4) is 0 Å². The molecule has 108 valence electrons. The quantitative estimate of drug-likeness (QED) is 0.827. The molecule has 0 bridgehead atoms. The average Bonchev–Trinajstić information content (AvgIpc) is 2.25. The number of likely N-dealkylation sites (N-methyl/N-ethyl adjacent to an activating group) is 2. The van der Waals surface area contributed by atoms with Gasteiger partial charge in [-0.15, -0.1) is 0 Å². The first-order chi connectivity index (χ1) is 8.24. The molecule has 0 heterocycles. The van der Waals surface area contributed by atoms with Crippen molar-refractivity contribution < 1.29 is 0 Å². The molecule has 0 spiro atoms. The van der Waals surface area contributed by atoms with Gasteiger partial charge in [0.05, 0.1) is 0 Å². The van der Waals surface area contributed by atoms with Crippen LogP contribution in [0.5, 0.6) is 0 Å². The fraction of sp³-hybridized carbons (Fsp3) is 1.00. The van der Waals surface area contributed by atoms with Gasteiger partial charge in [0.25, 0.3) is 0 Å². The van der Waals surface area contributed by atoms with Crippen LogP contribution in [0.2, 0.25) is 0 Å². The summed E-state index contributed by atoms with van der Waals surface area (Å²) in [4.78, 5) is 2.59. The van der Waals surface area contributed by atoms with E-state index in [-0.39, 0.29) is 0 Å². The highest BCUT2D eigenvalue weighted by Gasteiger charge is 2.34.